The number of methoxy groups -OCH3 is 1. The summed E-state index contributed by atoms with van der Waals surface area (Å²) in [5, 5.41) is 11.9. The second kappa shape index (κ2) is 6.52. The lowest BCUT2D eigenvalue weighted by Gasteiger charge is -2.15. The average Bonchev–Trinajstić information content (AvgIpc) is 2.28. The molecule has 0 amide bonds. The lowest BCUT2D eigenvalue weighted by Crippen LogP contribution is -2.35. The van der Waals surface area contributed by atoms with E-state index in [2.05, 4.69) is 5.32 Å². The van der Waals surface area contributed by atoms with Gasteiger partial charge >= 0.3 is 0 Å². The largest absolute Gasteiger partial charge is 0.395 e. The van der Waals surface area contributed by atoms with Crippen LogP contribution in [0.4, 0.5) is 8.78 Å². The third-order valence-corrected chi connectivity index (χ3v) is 2.17. The van der Waals surface area contributed by atoms with Gasteiger partial charge in [-0.1, -0.05) is 6.07 Å². The fourth-order valence-corrected chi connectivity index (χ4v) is 1.29. The molecule has 1 aromatic rings. The van der Waals surface area contributed by atoms with Gasteiger partial charge in [0.1, 0.15) is 0 Å². The molecule has 0 aliphatic heterocycles. The van der Waals surface area contributed by atoms with Crippen molar-refractivity contribution in [2.75, 3.05) is 20.3 Å². The van der Waals surface area contributed by atoms with Gasteiger partial charge in [-0.2, -0.15) is 0 Å². The summed E-state index contributed by atoms with van der Waals surface area (Å²) >= 11 is 0. The predicted octanol–water partition coefficient (Wildman–Crippen LogP) is 1.06. The third-order valence-electron chi connectivity index (χ3n) is 2.17. The van der Waals surface area contributed by atoms with Crippen LogP contribution in [0.3, 0.4) is 0 Å². The highest BCUT2D eigenvalue weighted by molar-refractivity contribution is 5.17. The minimum absolute atomic E-state index is 0.0719. The Hall–Kier alpha value is -1.04. The Labute approximate surface area is 93.0 Å². The number of rotatable bonds is 6. The van der Waals surface area contributed by atoms with E-state index >= 15 is 0 Å². The zero-order valence-corrected chi connectivity index (χ0v) is 9.04. The Morgan fingerprint density at radius 2 is 2.12 bits per heavy atom. The van der Waals surface area contributed by atoms with E-state index in [9.17, 15) is 8.78 Å². The van der Waals surface area contributed by atoms with Gasteiger partial charge in [0.05, 0.1) is 19.3 Å². The molecule has 0 fully saturated rings. The maximum atomic E-state index is 12.9. The molecule has 3 nitrogen and oxygen atoms in total. The van der Waals surface area contributed by atoms with Gasteiger partial charge in [-0.15, -0.1) is 0 Å². The van der Waals surface area contributed by atoms with E-state index < -0.39 is 11.6 Å². The van der Waals surface area contributed by atoms with Crippen molar-refractivity contribution >= 4 is 0 Å². The van der Waals surface area contributed by atoms with Crippen LogP contribution < -0.4 is 5.32 Å². The second-order valence-electron chi connectivity index (χ2n) is 3.46. The molecule has 0 saturated carbocycles. The van der Waals surface area contributed by atoms with E-state index in [0.717, 1.165) is 12.1 Å². The Morgan fingerprint density at radius 1 is 1.38 bits per heavy atom. The SMILES string of the molecule is COCC(CO)NCc1ccc(F)c(F)c1. The quantitative estimate of drug-likeness (QED) is 0.769. The zero-order valence-electron chi connectivity index (χ0n) is 9.04. The molecule has 5 heteroatoms. The normalized spacial score (nSPS) is 12.8. The van der Waals surface area contributed by atoms with Crippen molar-refractivity contribution in [1.29, 1.82) is 0 Å². The topological polar surface area (TPSA) is 41.5 Å². The number of benzene rings is 1. The number of aliphatic hydroxyl groups is 1. The van der Waals surface area contributed by atoms with Crippen molar-refractivity contribution in [3.8, 4) is 0 Å². The molecule has 0 heterocycles. The van der Waals surface area contributed by atoms with E-state index in [1.165, 1.54) is 13.2 Å². The van der Waals surface area contributed by atoms with Gasteiger partial charge in [0.25, 0.3) is 0 Å². The summed E-state index contributed by atoms with van der Waals surface area (Å²) < 4.78 is 30.4. The molecule has 0 spiro atoms. The van der Waals surface area contributed by atoms with Crippen molar-refractivity contribution < 1.29 is 18.6 Å². The van der Waals surface area contributed by atoms with Crippen LogP contribution in [0.5, 0.6) is 0 Å². The highest BCUT2D eigenvalue weighted by Gasteiger charge is 2.07. The molecule has 16 heavy (non-hydrogen) atoms. The molecule has 90 valence electrons. The van der Waals surface area contributed by atoms with Gasteiger partial charge < -0.3 is 15.2 Å². The monoisotopic (exact) mass is 231 g/mol. The molecule has 0 saturated heterocycles. The Morgan fingerprint density at radius 3 is 2.69 bits per heavy atom. The number of hydrogen-bond donors (Lipinski definition) is 2. The number of hydrogen-bond acceptors (Lipinski definition) is 3. The minimum Gasteiger partial charge on any atom is -0.395 e. The first-order chi connectivity index (χ1) is 7.67. The summed E-state index contributed by atoms with van der Waals surface area (Å²) in [5.74, 6) is -1.73. The van der Waals surface area contributed by atoms with Crippen LogP contribution >= 0.6 is 0 Å². The van der Waals surface area contributed by atoms with E-state index in [1.807, 2.05) is 0 Å². The smallest absolute Gasteiger partial charge is 0.159 e. The van der Waals surface area contributed by atoms with Crippen LogP contribution in [0.2, 0.25) is 0 Å². The molecule has 2 N–H and O–H groups in total. The lowest BCUT2D eigenvalue weighted by atomic mass is 10.2. The molecule has 1 unspecified atom stereocenters. The maximum absolute atomic E-state index is 12.9. The van der Waals surface area contributed by atoms with Crippen LogP contribution in [-0.4, -0.2) is 31.5 Å². The summed E-state index contributed by atoms with van der Waals surface area (Å²) in [7, 11) is 1.53. The van der Waals surface area contributed by atoms with E-state index in [4.69, 9.17) is 9.84 Å². The summed E-state index contributed by atoms with van der Waals surface area (Å²) in [4.78, 5) is 0. The van der Waals surface area contributed by atoms with Gasteiger partial charge in [0.15, 0.2) is 11.6 Å². The Balaban J connectivity index is 2.50. The summed E-state index contributed by atoms with van der Waals surface area (Å²) in [5.41, 5.74) is 0.619. The van der Waals surface area contributed by atoms with Crippen molar-refractivity contribution in [3.05, 3.63) is 35.4 Å². The first-order valence-corrected chi connectivity index (χ1v) is 4.94. The van der Waals surface area contributed by atoms with Crippen molar-refractivity contribution in [2.45, 2.75) is 12.6 Å². The standard InChI is InChI=1S/C11H15F2NO2/c1-16-7-9(6-15)14-5-8-2-3-10(12)11(13)4-8/h2-4,9,14-15H,5-7H2,1H3. The summed E-state index contributed by atoms with van der Waals surface area (Å²) in [6, 6.07) is 3.49. The molecule has 0 aliphatic rings. The van der Waals surface area contributed by atoms with E-state index in [0.29, 0.717) is 18.7 Å². The van der Waals surface area contributed by atoms with Crippen molar-refractivity contribution in [2.24, 2.45) is 0 Å². The highest BCUT2D eigenvalue weighted by Crippen LogP contribution is 2.08. The van der Waals surface area contributed by atoms with E-state index in [1.54, 1.807) is 0 Å². The molecule has 1 atom stereocenters. The molecular weight excluding hydrogens is 216 g/mol. The van der Waals surface area contributed by atoms with Crippen LogP contribution in [0, 0.1) is 11.6 Å². The van der Waals surface area contributed by atoms with Gasteiger partial charge in [-0.25, -0.2) is 8.78 Å². The summed E-state index contributed by atoms with van der Waals surface area (Å²) in [6.45, 7) is 0.642. The van der Waals surface area contributed by atoms with Crippen molar-refractivity contribution in [3.63, 3.8) is 0 Å². The van der Waals surface area contributed by atoms with Crippen LogP contribution in [0.15, 0.2) is 18.2 Å². The number of aliphatic hydroxyl groups excluding tert-OH is 1. The Bertz CT molecular complexity index is 334. The van der Waals surface area contributed by atoms with Crippen LogP contribution in [-0.2, 0) is 11.3 Å². The van der Waals surface area contributed by atoms with Crippen LogP contribution in [0.1, 0.15) is 5.56 Å². The van der Waals surface area contributed by atoms with Gasteiger partial charge in [-0.05, 0) is 17.7 Å². The first kappa shape index (κ1) is 13.0. The van der Waals surface area contributed by atoms with Gasteiger partial charge in [0.2, 0.25) is 0 Å². The number of halogens is 2. The number of ether oxygens (including phenoxy) is 1. The molecule has 1 rings (SSSR count). The third kappa shape index (κ3) is 3.84. The molecule has 0 aliphatic carbocycles. The zero-order chi connectivity index (χ0) is 12.0. The number of nitrogens with one attached hydrogen (secondary N) is 1. The molecule has 1 aromatic carbocycles. The van der Waals surface area contributed by atoms with Gasteiger partial charge in [0, 0.05) is 13.7 Å². The predicted molar refractivity (Wildman–Crippen MR) is 55.9 cm³/mol. The highest BCUT2D eigenvalue weighted by atomic mass is 19.2. The molecule has 0 bridgehead atoms. The fraction of sp³-hybridized carbons (Fsp3) is 0.455. The lowest BCUT2D eigenvalue weighted by molar-refractivity contribution is 0.128. The maximum Gasteiger partial charge on any atom is 0.159 e. The molecule has 0 radical (unpaired) electrons. The first-order valence-electron chi connectivity index (χ1n) is 4.94. The van der Waals surface area contributed by atoms with Crippen LogP contribution in [0.25, 0.3) is 0 Å². The minimum atomic E-state index is -0.869. The van der Waals surface area contributed by atoms with Crippen molar-refractivity contribution in [1.82, 2.24) is 5.32 Å². The Kier molecular flexibility index (Phi) is 5.31. The fourth-order valence-electron chi connectivity index (χ4n) is 1.29. The molecule has 0 aromatic heterocycles. The summed E-state index contributed by atoms with van der Waals surface area (Å²) in [6.07, 6.45) is 0. The van der Waals surface area contributed by atoms with Gasteiger partial charge in [-0.3, -0.25) is 0 Å². The molecular formula is C11H15F2NO2. The second-order valence-corrected chi connectivity index (χ2v) is 3.46. The van der Waals surface area contributed by atoms with E-state index in [-0.39, 0.29) is 12.6 Å². The average molecular weight is 231 g/mol.